The number of amides is 1. The zero-order chi connectivity index (χ0) is 10.9. The number of rotatable bonds is 2. The highest BCUT2D eigenvalue weighted by molar-refractivity contribution is 5.84. The lowest BCUT2D eigenvalue weighted by molar-refractivity contribution is -0.143. The molecular formula is C9H15FN2O. The van der Waals surface area contributed by atoms with Crippen LogP contribution in [0.2, 0.25) is 0 Å². The van der Waals surface area contributed by atoms with Crippen LogP contribution in [0.3, 0.4) is 0 Å². The average Bonchev–Trinajstić information content (AvgIpc) is 2.00. The highest BCUT2D eigenvalue weighted by Crippen LogP contribution is 2.18. The van der Waals surface area contributed by atoms with Gasteiger partial charge >= 0.3 is 0 Å². The van der Waals surface area contributed by atoms with E-state index < -0.39 is 17.1 Å². The Morgan fingerprint density at radius 3 is 2.00 bits per heavy atom. The van der Waals surface area contributed by atoms with Crippen LogP contribution in [0.25, 0.3) is 0 Å². The lowest BCUT2D eigenvalue weighted by atomic mass is 10.0. The van der Waals surface area contributed by atoms with E-state index in [-0.39, 0.29) is 0 Å². The van der Waals surface area contributed by atoms with E-state index in [1.54, 1.807) is 13.8 Å². The minimum atomic E-state index is -1.93. The highest BCUT2D eigenvalue weighted by atomic mass is 19.1. The van der Waals surface area contributed by atoms with Gasteiger partial charge in [0.2, 0.25) is 0 Å². The molecule has 0 rings (SSSR count). The number of alkyl halides is 1. The van der Waals surface area contributed by atoms with Crippen molar-refractivity contribution < 1.29 is 9.18 Å². The molecular weight excluding hydrogens is 171 g/mol. The average molecular weight is 186 g/mol. The maximum Gasteiger partial charge on any atom is 0.260 e. The molecule has 0 saturated heterocycles. The minimum absolute atomic E-state index is 0.681. The van der Waals surface area contributed by atoms with Crippen molar-refractivity contribution in [3.8, 4) is 6.07 Å². The molecule has 0 aromatic carbocycles. The van der Waals surface area contributed by atoms with Crippen LogP contribution in [-0.4, -0.2) is 29.1 Å². The number of nitriles is 1. The molecule has 1 amide bonds. The Balaban J connectivity index is 4.75. The first-order valence-corrected chi connectivity index (χ1v) is 4.01. The van der Waals surface area contributed by atoms with E-state index in [2.05, 4.69) is 0 Å². The quantitative estimate of drug-likeness (QED) is 0.655. The molecule has 0 aromatic heterocycles. The van der Waals surface area contributed by atoms with E-state index in [0.717, 1.165) is 4.90 Å². The molecule has 0 fully saturated rings. The molecule has 13 heavy (non-hydrogen) atoms. The van der Waals surface area contributed by atoms with E-state index >= 15 is 0 Å². The fourth-order valence-electron chi connectivity index (χ4n) is 0.728. The Kier molecular flexibility index (Phi) is 3.04. The molecule has 3 nitrogen and oxygen atoms in total. The number of hydrogen-bond acceptors (Lipinski definition) is 2. The van der Waals surface area contributed by atoms with Crippen LogP contribution in [0.5, 0.6) is 0 Å². The topological polar surface area (TPSA) is 44.1 Å². The van der Waals surface area contributed by atoms with Crippen LogP contribution in [0, 0.1) is 11.3 Å². The van der Waals surface area contributed by atoms with Crippen molar-refractivity contribution >= 4 is 5.91 Å². The van der Waals surface area contributed by atoms with Gasteiger partial charge in [0, 0.05) is 7.05 Å². The second-order valence-corrected chi connectivity index (χ2v) is 4.01. The van der Waals surface area contributed by atoms with Gasteiger partial charge in [-0.15, -0.1) is 0 Å². The molecule has 0 N–H and O–H groups in total. The normalized spacial score (nSPS) is 12.1. The maximum absolute atomic E-state index is 13.2. The summed E-state index contributed by atoms with van der Waals surface area (Å²) in [4.78, 5) is 12.5. The standard InChI is InChI=1S/C9H15FN2O/c1-8(2,6-11)12(5)7(13)9(3,4)10/h1-5H3. The van der Waals surface area contributed by atoms with Crippen molar-refractivity contribution in [2.75, 3.05) is 7.05 Å². The molecule has 0 atom stereocenters. The fraction of sp³-hybridized carbons (Fsp3) is 0.778. The third kappa shape index (κ3) is 2.69. The number of hydrogen-bond donors (Lipinski definition) is 0. The second kappa shape index (κ2) is 3.33. The summed E-state index contributed by atoms with van der Waals surface area (Å²) in [7, 11) is 1.42. The molecule has 0 aliphatic rings. The maximum atomic E-state index is 13.2. The fourth-order valence-corrected chi connectivity index (χ4v) is 0.728. The summed E-state index contributed by atoms with van der Waals surface area (Å²) in [6.45, 7) is 5.49. The SMILES string of the molecule is CN(C(=O)C(C)(C)F)C(C)(C)C#N. The molecule has 0 bridgehead atoms. The summed E-state index contributed by atoms with van der Waals surface area (Å²) < 4.78 is 13.2. The molecule has 0 aromatic rings. The van der Waals surface area contributed by atoms with Crippen molar-refractivity contribution in [1.29, 1.82) is 5.26 Å². The summed E-state index contributed by atoms with van der Waals surface area (Å²) in [5, 5.41) is 8.71. The van der Waals surface area contributed by atoms with E-state index in [9.17, 15) is 9.18 Å². The van der Waals surface area contributed by atoms with Crippen LogP contribution >= 0.6 is 0 Å². The van der Waals surface area contributed by atoms with E-state index in [4.69, 9.17) is 5.26 Å². The Morgan fingerprint density at radius 1 is 1.38 bits per heavy atom. The van der Waals surface area contributed by atoms with Gasteiger partial charge in [0.25, 0.3) is 5.91 Å². The van der Waals surface area contributed by atoms with E-state index in [0.29, 0.717) is 0 Å². The minimum Gasteiger partial charge on any atom is -0.325 e. The van der Waals surface area contributed by atoms with Gasteiger partial charge in [0.1, 0.15) is 5.54 Å². The summed E-state index contributed by atoms with van der Waals surface area (Å²) >= 11 is 0. The molecule has 74 valence electrons. The van der Waals surface area contributed by atoms with Gasteiger partial charge in [-0.3, -0.25) is 4.79 Å². The summed E-state index contributed by atoms with van der Waals surface area (Å²) in [6, 6.07) is 1.93. The number of carbonyl (C=O) groups is 1. The summed E-state index contributed by atoms with van der Waals surface area (Å²) in [5.74, 6) is -0.681. The third-order valence-electron chi connectivity index (χ3n) is 1.93. The first-order valence-electron chi connectivity index (χ1n) is 4.01. The monoisotopic (exact) mass is 186 g/mol. The summed E-state index contributed by atoms with van der Waals surface area (Å²) in [5.41, 5.74) is -2.90. The molecule has 0 heterocycles. The van der Waals surface area contributed by atoms with Gasteiger partial charge in [0.15, 0.2) is 5.67 Å². The predicted molar refractivity (Wildman–Crippen MR) is 47.6 cm³/mol. The molecule has 4 heteroatoms. The van der Waals surface area contributed by atoms with Crippen LogP contribution in [0.15, 0.2) is 0 Å². The van der Waals surface area contributed by atoms with Gasteiger partial charge in [-0.05, 0) is 27.7 Å². The predicted octanol–water partition coefficient (Wildman–Crippen LogP) is 1.50. The Morgan fingerprint density at radius 2 is 1.77 bits per heavy atom. The van der Waals surface area contributed by atoms with Crippen molar-refractivity contribution in [2.45, 2.75) is 38.9 Å². The van der Waals surface area contributed by atoms with Crippen molar-refractivity contribution in [3.63, 3.8) is 0 Å². The largest absolute Gasteiger partial charge is 0.325 e. The highest BCUT2D eigenvalue weighted by Gasteiger charge is 2.36. The van der Waals surface area contributed by atoms with Crippen LogP contribution in [-0.2, 0) is 4.79 Å². The molecule has 0 spiro atoms. The van der Waals surface area contributed by atoms with Gasteiger partial charge in [-0.25, -0.2) is 4.39 Å². The van der Waals surface area contributed by atoms with Gasteiger partial charge in [-0.2, -0.15) is 5.26 Å². The smallest absolute Gasteiger partial charge is 0.260 e. The molecule has 0 saturated carbocycles. The first kappa shape index (κ1) is 11.9. The van der Waals surface area contributed by atoms with Gasteiger partial charge in [0.05, 0.1) is 6.07 Å². The summed E-state index contributed by atoms with van der Waals surface area (Å²) in [6.07, 6.45) is 0. The zero-order valence-electron chi connectivity index (χ0n) is 8.68. The Bertz CT molecular complexity index is 247. The van der Waals surface area contributed by atoms with E-state index in [1.807, 2.05) is 6.07 Å². The number of halogens is 1. The van der Waals surface area contributed by atoms with Crippen LogP contribution in [0.4, 0.5) is 4.39 Å². The van der Waals surface area contributed by atoms with Crippen molar-refractivity contribution in [2.24, 2.45) is 0 Å². The molecule has 0 unspecified atom stereocenters. The number of carbonyl (C=O) groups excluding carboxylic acids is 1. The third-order valence-corrected chi connectivity index (χ3v) is 1.93. The van der Waals surface area contributed by atoms with Gasteiger partial charge in [-0.1, -0.05) is 0 Å². The van der Waals surface area contributed by atoms with Gasteiger partial charge < -0.3 is 4.90 Å². The first-order chi connectivity index (χ1) is 5.63. The molecule has 0 aliphatic heterocycles. The lowest BCUT2D eigenvalue weighted by Crippen LogP contribution is -2.50. The Labute approximate surface area is 78.1 Å². The van der Waals surface area contributed by atoms with Crippen molar-refractivity contribution in [3.05, 3.63) is 0 Å². The lowest BCUT2D eigenvalue weighted by Gasteiger charge is -2.32. The number of nitrogens with zero attached hydrogens (tertiary/aromatic N) is 2. The van der Waals surface area contributed by atoms with Crippen LogP contribution in [0.1, 0.15) is 27.7 Å². The van der Waals surface area contributed by atoms with Crippen molar-refractivity contribution in [1.82, 2.24) is 4.90 Å². The molecule has 0 aliphatic carbocycles. The van der Waals surface area contributed by atoms with E-state index in [1.165, 1.54) is 20.9 Å². The second-order valence-electron chi connectivity index (χ2n) is 4.01. The van der Waals surface area contributed by atoms with Crippen LogP contribution < -0.4 is 0 Å². The zero-order valence-corrected chi connectivity index (χ0v) is 8.68. The Hall–Kier alpha value is -1.11. The molecule has 0 radical (unpaired) electrons.